The number of hydrogen-bond donors (Lipinski definition) is 1. The lowest BCUT2D eigenvalue weighted by molar-refractivity contribution is 0.270. The molecule has 0 aliphatic heterocycles. The van der Waals surface area contributed by atoms with Gasteiger partial charge in [-0.2, -0.15) is 0 Å². The highest BCUT2D eigenvalue weighted by Gasteiger charge is 2.09. The van der Waals surface area contributed by atoms with Crippen LogP contribution in [0.4, 0.5) is 4.39 Å². The van der Waals surface area contributed by atoms with Gasteiger partial charge in [-0.15, -0.1) is 0 Å². The van der Waals surface area contributed by atoms with Crippen LogP contribution in [-0.4, -0.2) is 12.6 Å². The number of rotatable bonds is 6. The van der Waals surface area contributed by atoms with Crippen LogP contribution in [0.5, 0.6) is 5.75 Å². The predicted octanol–water partition coefficient (Wildman–Crippen LogP) is 4.24. The van der Waals surface area contributed by atoms with Crippen molar-refractivity contribution in [1.29, 1.82) is 0 Å². The fourth-order valence-corrected chi connectivity index (χ4v) is 2.31. The second-order valence-electron chi connectivity index (χ2n) is 5.71. The minimum Gasteiger partial charge on any atom is -0.492 e. The molecule has 3 heteroatoms. The van der Waals surface area contributed by atoms with E-state index in [2.05, 4.69) is 13.8 Å². The first-order chi connectivity index (χ1) is 10.1. The lowest BCUT2D eigenvalue weighted by Gasteiger charge is -2.15. The minimum atomic E-state index is -0.281. The molecule has 1 atom stereocenters. The Hall–Kier alpha value is -1.87. The average Bonchev–Trinajstić information content (AvgIpc) is 2.45. The molecule has 0 bridgehead atoms. The van der Waals surface area contributed by atoms with Gasteiger partial charge in [-0.1, -0.05) is 44.2 Å². The summed E-state index contributed by atoms with van der Waals surface area (Å²) in [7, 11) is 0. The monoisotopic (exact) mass is 287 g/mol. The topological polar surface area (TPSA) is 35.2 Å². The van der Waals surface area contributed by atoms with E-state index in [1.54, 1.807) is 12.1 Å². The van der Waals surface area contributed by atoms with Gasteiger partial charge in [0.25, 0.3) is 0 Å². The molecular formula is C18H22FNO. The number of nitrogens with two attached hydrogens (primary N) is 1. The van der Waals surface area contributed by atoms with Gasteiger partial charge >= 0.3 is 0 Å². The summed E-state index contributed by atoms with van der Waals surface area (Å²) < 4.78 is 19.7. The van der Waals surface area contributed by atoms with Crippen LogP contribution >= 0.6 is 0 Å². The molecule has 2 nitrogen and oxygen atoms in total. The van der Waals surface area contributed by atoms with Gasteiger partial charge in [0.1, 0.15) is 18.2 Å². The molecule has 0 fully saturated rings. The highest BCUT2D eigenvalue weighted by molar-refractivity contribution is 5.64. The van der Waals surface area contributed by atoms with Gasteiger partial charge in [0.05, 0.1) is 0 Å². The number of halogens is 1. The Bertz CT molecular complexity index is 569. The largest absolute Gasteiger partial charge is 0.492 e. The molecule has 0 aliphatic rings. The third kappa shape index (κ3) is 4.57. The molecule has 0 heterocycles. The first-order valence-corrected chi connectivity index (χ1v) is 7.29. The first kappa shape index (κ1) is 15.5. The summed E-state index contributed by atoms with van der Waals surface area (Å²) in [6.07, 6.45) is 0.893. The maximum atomic E-state index is 14.2. The Kier molecular flexibility index (Phi) is 5.34. The number of ether oxygens (including phenoxy) is 1. The van der Waals surface area contributed by atoms with Crippen LogP contribution in [-0.2, 0) is 0 Å². The van der Waals surface area contributed by atoms with E-state index in [1.165, 1.54) is 6.07 Å². The van der Waals surface area contributed by atoms with Crippen molar-refractivity contribution in [1.82, 2.24) is 0 Å². The molecule has 0 saturated heterocycles. The maximum absolute atomic E-state index is 14.2. The second-order valence-corrected chi connectivity index (χ2v) is 5.71. The summed E-state index contributed by atoms with van der Waals surface area (Å²) >= 11 is 0. The van der Waals surface area contributed by atoms with Crippen molar-refractivity contribution >= 4 is 0 Å². The Labute approximate surface area is 125 Å². The SMILES string of the molecule is CC(C)C[C@H](N)COc1ccc(-c2ccccc2)c(F)c1. The van der Waals surface area contributed by atoms with Crippen LogP contribution in [0.1, 0.15) is 20.3 Å². The predicted molar refractivity (Wildman–Crippen MR) is 84.8 cm³/mol. The molecule has 0 amide bonds. The van der Waals surface area contributed by atoms with E-state index in [4.69, 9.17) is 10.5 Å². The van der Waals surface area contributed by atoms with E-state index >= 15 is 0 Å². The highest BCUT2D eigenvalue weighted by atomic mass is 19.1. The summed E-state index contributed by atoms with van der Waals surface area (Å²) in [5, 5.41) is 0. The third-order valence-corrected chi connectivity index (χ3v) is 3.26. The molecule has 2 aromatic rings. The standard InChI is InChI=1S/C18H22FNO/c1-13(2)10-15(20)12-21-16-8-9-17(18(19)11-16)14-6-4-3-5-7-14/h3-9,11,13,15H,10,12,20H2,1-2H3/t15-/m0/s1. The molecule has 0 aromatic heterocycles. The second kappa shape index (κ2) is 7.23. The van der Waals surface area contributed by atoms with Gasteiger partial charge in [0.2, 0.25) is 0 Å². The Morgan fingerprint density at radius 2 is 1.81 bits per heavy atom. The van der Waals surface area contributed by atoms with Crippen molar-refractivity contribution in [3.05, 3.63) is 54.3 Å². The normalized spacial score (nSPS) is 12.4. The van der Waals surface area contributed by atoms with Crippen LogP contribution < -0.4 is 10.5 Å². The lowest BCUT2D eigenvalue weighted by Crippen LogP contribution is -2.29. The Morgan fingerprint density at radius 1 is 1.10 bits per heavy atom. The smallest absolute Gasteiger partial charge is 0.134 e. The fraction of sp³-hybridized carbons (Fsp3) is 0.333. The van der Waals surface area contributed by atoms with Crippen molar-refractivity contribution in [3.8, 4) is 16.9 Å². The molecule has 0 radical (unpaired) electrons. The molecule has 2 rings (SSSR count). The van der Waals surface area contributed by atoms with E-state index < -0.39 is 0 Å². The quantitative estimate of drug-likeness (QED) is 0.862. The molecule has 2 N–H and O–H groups in total. The number of benzene rings is 2. The van der Waals surface area contributed by atoms with E-state index in [9.17, 15) is 4.39 Å². The Balaban J connectivity index is 2.03. The van der Waals surface area contributed by atoms with E-state index in [1.807, 2.05) is 30.3 Å². The van der Waals surface area contributed by atoms with Crippen molar-refractivity contribution in [2.45, 2.75) is 26.3 Å². The molecule has 2 aromatic carbocycles. The molecular weight excluding hydrogens is 265 g/mol. The van der Waals surface area contributed by atoms with E-state index in [0.717, 1.165) is 12.0 Å². The van der Waals surface area contributed by atoms with Gasteiger partial charge in [0, 0.05) is 17.7 Å². The molecule has 0 saturated carbocycles. The fourth-order valence-electron chi connectivity index (χ4n) is 2.31. The molecule has 0 aliphatic carbocycles. The first-order valence-electron chi connectivity index (χ1n) is 7.29. The highest BCUT2D eigenvalue weighted by Crippen LogP contribution is 2.26. The molecule has 112 valence electrons. The van der Waals surface area contributed by atoms with Gasteiger partial charge < -0.3 is 10.5 Å². The summed E-state index contributed by atoms with van der Waals surface area (Å²) in [4.78, 5) is 0. The summed E-state index contributed by atoms with van der Waals surface area (Å²) in [6.45, 7) is 4.64. The van der Waals surface area contributed by atoms with Crippen LogP contribution in [0.15, 0.2) is 48.5 Å². The van der Waals surface area contributed by atoms with Gasteiger partial charge in [-0.3, -0.25) is 0 Å². The number of hydrogen-bond acceptors (Lipinski definition) is 2. The van der Waals surface area contributed by atoms with Gasteiger partial charge in [-0.05, 0) is 30.0 Å². The zero-order chi connectivity index (χ0) is 15.2. The van der Waals surface area contributed by atoms with Gasteiger partial charge in [-0.25, -0.2) is 4.39 Å². The van der Waals surface area contributed by atoms with Crippen molar-refractivity contribution in [2.75, 3.05) is 6.61 Å². The van der Waals surface area contributed by atoms with Crippen molar-refractivity contribution in [3.63, 3.8) is 0 Å². The van der Waals surface area contributed by atoms with Crippen LogP contribution in [0.3, 0.4) is 0 Å². The Morgan fingerprint density at radius 3 is 2.43 bits per heavy atom. The summed E-state index contributed by atoms with van der Waals surface area (Å²) in [5.74, 6) is 0.767. The maximum Gasteiger partial charge on any atom is 0.134 e. The van der Waals surface area contributed by atoms with Crippen LogP contribution in [0.25, 0.3) is 11.1 Å². The van der Waals surface area contributed by atoms with Crippen molar-refractivity contribution in [2.24, 2.45) is 11.7 Å². The van der Waals surface area contributed by atoms with Crippen LogP contribution in [0, 0.1) is 11.7 Å². The average molecular weight is 287 g/mol. The minimum absolute atomic E-state index is 0.0261. The van der Waals surface area contributed by atoms with Crippen molar-refractivity contribution < 1.29 is 9.13 Å². The summed E-state index contributed by atoms with van der Waals surface area (Å²) in [5.41, 5.74) is 7.40. The molecule has 21 heavy (non-hydrogen) atoms. The third-order valence-electron chi connectivity index (χ3n) is 3.26. The molecule has 0 spiro atoms. The zero-order valence-electron chi connectivity index (χ0n) is 12.6. The van der Waals surface area contributed by atoms with E-state index in [0.29, 0.717) is 23.8 Å². The lowest BCUT2D eigenvalue weighted by atomic mass is 10.0. The van der Waals surface area contributed by atoms with E-state index in [-0.39, 0.29) is 11.9 Å². The zero-order valence-corrected chi connectivity index (χ0v) is 12.6. The van der Waals surface area contributed by atoms with Crippen LogP contribution in [0.2, 0.25) is 0 Å². The summed E-state index contributed by atoms with van der Waals surface area (Å²) in [6, 6.07) is 14.4. The molecule has 0 unspecified atom stereocenters. The van der Waals surface area contributed by atoms with Gasteiger partial charge in [0.15, 0.2) is 0 Å².